The van der Waals surface area contributed by atoms with Crippen LogP contribution in [0.15, 0.2) is 61.2 Å². The van der Waals surface area contributed by atoms with E-state index in [2.05, 4.69) is 49.1 Å². The third kappa shape index (κ3) is 6.96. The minimum absolute atomic E-state index is 0.0167. The Bertz CT molecular complexity index is 914. The molecule has 0 aliphatic heterocycles. The van der Waals surface area contributed by atoms with Crippen LogP contribution in [0.3, 0.4) is 0 Å². The van der Waals surface area contributed by atoms with Crippen molar-refractivity contribution in [1.29, 1.82) is 0 Å². The van der Waals surface area contributed by atoms with Gasteiger partial charge < -0.3 is 4.74 Å². The lowest BCUT2D eigenvalue weighted by atomic mass is 9.77. The fourth-order valence-corrected chi connectivity index (χ4v) is 6.12. The van der Waals surface area contributed by atoms with E-state index in [1.54, 1.807) is 19.1 Å². The van der Waals surface area contributed by atoms with Crippen LogP contribution in [-0.2, 0) is 0 Å². The molecule has 1 aromatic rings. The predicted octanol–water partition coefficient (Wildman–Crippen LogP) is 9.32. The van der Waals surface area contributed by atoms with Crippen LogP contribution in [0.4, 0.5) is 8.78 Å². The van der Waals surface area contributed by atoms with E-state index in [1.807, 2.05) is 0 Å². The molecule has 2 saturated carbocycles. The Labute approximate surface area is 211 Å². The summed E-state index contributed by atoms with van der Waals surface area (Å²) >= 11 is 0. The smallest absolute Gasteiger partial charge is 0.200 e. The van der Waals surface area contributed by atoms with Gasteiger partial charge in [0.05, 0.1) is 6.61 Å². The number of ether oxygens (including phenoxy) is 1. The van der Waals surface area contributed by atoms with Crippen LogP contribution in [0.2, 0.25) is 0 Å². The zero-order valence-corrected chi connectivity index (χ0v) is 21.3. The average Bonchev–Trinajstić information content (AvgIpc) is 2.90. The molecule has 2 unspecified atom stereocenters. The molecule has 0 heterocycles. The normalized spacial score (nSPS) is 31.7. The van der Waals surface area contributed by atoms with E-state index >= 15 is 0 Å². The monoisotopic (exact) mass is 480 g/mol. The molecular formula is C32H42F2O. The average molecular weight is 481 g/mol. The molecule has 3 aliphatic carbocycles. The first kappa shape index (κ1) is 25.9. The van der Waals surface area contributed by atoms with Crippen molar-refractivity contribution in [3.05, 3.63) is 78.4 Å². The Morgan fingerprint density at radius 3 is 1.83 bits per heavy atom. The van der Waals surface area contributed by atoms with Gasteiger partial charge in [-0.1, -0.05) is 48.6 Å². The number of benzene rings is 1. The fraction of sp³-hybridized carbons (Fsp3) is 0.562. The lowest BCUT2D eigenvalue weighted by molar-refractivity contribution is 0.309. The fourth-order valence-electron chi connectivity index (χ4n) is 6.12. The number of hydrogen-bond donors (Lipinski definition) is 0. The van der Waals surface area contributed by atoms with E-state index in [0.717, 1.165) is 31.6 Å². The molecule has 0 saturated heterocycles. The first-order chi connectivity index (χ1) is 17.1. The summed E-state index contributed by atoms with van der Waals surface area (Å²) in [5.74, 6) is 1.71. The number of allylic oxidation sites excluding steroid dienone is 7. The first-order valence-electron chi connectivity index (χ1n) is 13.9. The molecule has 0 spiro atoms. The SMILES string of the molecule is C=CC1C=CC(/C=C/C2CCC(/C=C/C3CCC(c4ccc(OCC)c(F)c4F)CC3)CC2)CC1. The largest absolute Gasteiger partial charge is 0.491 e. The molecule has 2 atom stereocenters. The van der Waals surface area contributed by atoms with Crippen molar-refractivity contribution < 1.29 is 13.5 Å². The number of hydrogen-bond acceptors (Lipinski definition) is 1. The quantitative estimate of drug-likeness (QED) is 0.337. The zero-order chi connectivity index (χ0) is 24.6. The van der Waals surface area contributed by atoms with Crippen molar-refractivity contribution in [2.24, 2.45) is 29.6 Å². The maximum Gasteiger partial charge on any atom is 0.200 e. The van der Waals surface area contributed by atoms with Gasteiger partial charge in [0.15, 0.2) is 11.6 Å². The summed E-state index contributed by atoms with van der Waals surface area (Å²) in [6.45, 7) is 6.01. The minimum atomic E-state index is -0.839. The Balaban J connectivity index is 1.19. The van der Waals surface area contributed by atoms with Gasteiger partial charge >= 0.3 is 0 Å². The lowest BCUT2D eigenvalue weighted by Gasteiger charge is -2.29. The minimum Gasteiger partial charge on any atom is -0.491 e. The summed E-state index contributed by atoms with van der Waals surface area (Å²) in [7, 11) is 0. The van der Waals surface area contributed by atoms with Gasteiger partial charge in [0.25, 0.3) is 0 Å². The summed E-state index contributed by atoms with van der Waals surface area (Å²) < 4.78 is 34.1. The molecule has 0 N–H and O–H groups in total. The van der Waals surface area contributed by atoms with Crippen molar-refractivity contribution >= 4 is 0 Å². The Morgan fingerprint density at radius 2 is 1.29 bits per heavy atom. The van der Waals surface area contributed by atoms with E-state index in [1.165, 1.54) is 38.5 Å². The van der Waals surface area contributed by atoms with Crippen LogP contribution in [0, 0.1) is 41.2 Å². The molecule has 0 aromatic heterocycles. The Morgan fingerprint density at radius 1 is 0.743 bits per heavy atom. The lowest BCUT2D eigenvalue weighted by Crippen LogP contribution is -2.15. The van der Waals surface area contributed by atoms with Gasteiger partial charge in [-0.05, 0) is 118 Å². The third-order valence-electron chi connectivity index (χ3n) is 8.43. The highest BCUT2D eigenvalue weighted by atomic mass is 19.2. The van der Waals surface area contributed by atoms with Crippen LogP contribution in [-0.4, -0.2) is 6.61 Å². The second-order valence-electron chi connectivity index (χ2n) is 10.8. The highest BCUT2D eigenvalue weighted by molar-refractivity contribution is 5.33. The first-order valence-corrected chi connectivity index (χ1v) is 13.9. The molecule has 1 aromatic carbocycles. The summed E-state index contributed by atoms with van der Waals surface area (Å²) in [5.41, 5.74) is 0.518. The molecule has 190 valence electrons. The Kier molecular flexibility index (Phi) is 9.40. The molecular weight excluding hydrogens is 438 g/mol. The highest BCUT2D eigenvalue weighted by Crippen LogP contribution is 2.40. The maximum atomic E-state index is 14.6. The number of rotatable bonds is 8. The molecule has 3 heteroatoms. The molecule has 0 bridgehead atoms. The van der Waals surface area contributed by atoms with E-state index in [9.17, 15) is 8.78 Å². The van der Waals surface area contributed by atoms with Crippen LogP contribution < -0.4 is 4.74 Å². The molecule has 1 nitrogen and oxygen atoms in total. The van der Waals surface area contributed by atoms with E-state index in [0.29, 0.717) is 35.8 Å². The summed E-state index contributed by atoms with van der Waals surface area (Å²) in [6, 6.07) is 3.30. The summed E-state index contributed by atoms with van der Waals surface area (Å²) in [4.78, 5) is 0. The van der Waals surface area contributed by atoms with Gasteiger partial charge in [0.2, 0.25) is 5.82 Å². The maximum absolute atomic E-state index is 14.6. The molecule has 3 aliphatic rings. The van der Waals surface area contributed by atoms with E-state index in [-0.39, 0.29) is 11.7 Å². The van der Waals surface area contributed by atoms with Crippen molar-refractivity contribution in [3.8, 4) is 5.75 Å². The second-order valence-corrected chi connectivity index (χ2v) is 10.8. The van der Waals surface area contributed by atoms with Gasteiger partial charge in [-0.3, -0.25) is 0 Å². The van der Waals surface area contributed by atoms with Crippen molar-refractivity contribution in [2.45, 2.75) is 77.0 Å². The van der Waals surface area contributed by atoms with Crippen LogP contribution >= 0.6 is 0 Å². The van der Waals surface area contributed by atoms with Crippen molar-refractivity contribution in [3.63, 3.8) is 0 Å². The topological polar surface area (TPSA) is 9.23 Å². The van der Waals surface area contributed by atoms with Gasteiger partial charge in [0, 0.05) is 0 Å². The van der Waals surface area contributed by atoms with Gasteiger partial charge in [-0.25, -0.2) is 4.39 Å². The van der Waals surface area contributed by atoms with Gasteiger partial charge in [0.1, 0.15) is 0 Å². The molecule has 35 heavy (non-hydrogen) atoms. The standard InChI is InChI=1S/C32H42F2O/c1-3-23-5-7-24(8-6-23)9-10-25-11-13-26(14-12-25)15-16-27-17-19-28(20-18-27)29-21-22-30(35-4-2)32(34)31(29)33/h3,5,7,9-10,15-16,21-28H,1,4,6,8,11-14,17-20H2,2H3/b10-9+,16-15+. The van der Waals surface area contributed by atoms with Crippen molar-refractivity contribution in [1.82, 2.24) is 0 Å². The summed E-state index contributed by atoms with van der Waals surface area (Å²) in [6.07, 6.45) is 28.0. The van der Waals surface area contributed by atoms with Gasteiger partial charge in [-0.15, -0.1) is 6.58 Å². The summed E-state index contributed by atoms with van der Waals surface area (Å²) in [5, 5.41) is 0. The third-order valence-corrected chi connectivity index (χ3v) is 8.43. The van der Waals surface area contributed by atoms with Crippen LogP contribution in [0.25, 0.3) is 0 Å². The highest BCUT2D eigenvalue weighted by Gasteiger charge is 2.26. The molecule has 2 fully saturated rings. The molecule has 0 radical (unpaired) electrons. The number of halogens is 2. The Hall–Kier alpha value is -2.16. The molecule has 0 amide bonds. The van der Waals surface area contributed by atoms with E-state index < -0.39 is 11.6 Å². The van der Waals surface area contributed by atoms with Crippen LogP contribution in [0.5, 0.6) is 5.75 Å². The second kappa shape index (κ2) is 12.7. The van der Waals surface area contributed by atoms with Crippen LogP contribution in [0.1, 0.15) is 82.6 Å². The zero-order valence-electron chi connectivity index (χ0n) is 21.3. The van der Waals surface area contributed by atoms with Crippen molar-refractivity contribution in [2.75, 3.05) is 6.61 Å². The predicted molar refractivity (Wildman–Crippen MR) is 142 cm³/mol. The molecule has 4 rings (SSSR count). The van der Waals surface area contributed by atoms with Gasteiger partial charge in [-0.2, -0.15) is 4.39 Å². The van der Waals surface area contributed by atoms with E-state index in [4.69, 9.17) is 4.74 Å².